The number of hydrogen-bond acceptors (Lipinski definition) is 5. The van der Waals surface area contributed by atoms with Crippen molar-refractivity contribution in [3.8, 4) is 11.5 Å². The first kappa shape index (κ1) is 21.7. The summed E-state index contributed by atoms with van der Waals surface area (Å²) in [5.74, 6) is 1.11. The van der Waals surface area contributed by atoms with E-state index in [1.54, 1.807) is 24.3 Å². The molecule has 0 fully saturated rings. The van der Waals surface area contributed by atoms with Gasteiger partial charge < -0.3 is 25.4 Å². The summed E-state index contributed by atoms with van der Waals surface area (Å²) in [5.41, 5.74) is 2.00. The molecule has 31 heavy (non-hydrogen) atoms. The van der Waals surface area contributed by atoms with E-state index in [0.717, 1.165) is 11.4 Å². The molecule has 3 rings (SSSR count). The lowest BCUT2D eigenvalue weighted by molar-refractivity contribution is -0.115. The minimum Gasteiger partial charge on any atom is -0.490 e. The van der Waals surface area contributed by atoms with Crippen LogP contribution in [0.5, 0.6) is 11.5 Å². The number of hydrogen-bond donors (Lipinski definition) is 3. The molecule has 3 aromatic carbocycles. The van der Waals surface area contributed by atoms with E-state index < -0.39 is 0 Å². The lowest BCUT2D eigenvalue weighted by atomic mass is 10.2. The van der Waals surface area contributed by atoms with Crippen LogP contribution in [0, 0.1) is 0 Å². The van der Waals surface area contributed by atoms with E-state index in [-0.39, 0.29) is 18.4 Å². The van der Waals surface area contributed by atoms with Crippen LogP contribution in [-0.2, 0) is 9.59 Å². The molecule has 0 aromatic heterocycles. The standard InChI is InChI=1S/C24H25N3O4/c1-18(28)26-20-8-5-9-21(15-20)27-24(29)17-25-19-7-6-12-23(16-19)31-14-13-30-22-10-3-2-4-11-22/h2-12,15-16,25H,13-14,17H2,1H3,(H,26,28)(H,27,29). The van der Waals surface area contributed by atoms with Gasteiger partial charge in [-0.3, -0.25) is 9.59 Å². The largest absolute Gasteiger partial charge is 0.490 e. The molecule has 0 aliphatic rings. The van der Waals surface area contributed by atoms with Gasteiger partial charge >= 0.3 is 0 Å². The molecule has 3 N–H and O–H groups in total. The number of ether oxygens (including phenoxy) is 2. The van der Waals surface area contributed by atoms with E-state index in [2.05, 4.69) is 16.0 Å². The number of rotatable bonds is 10. The van der Waals surface area contributed by atoms with Crippen molar-refractivity contribution in [1.82, 2.24) is 0 Å². The van der Waals surface area contributed by atoms with E-state index in [1.807, 2.05) is 54.6 Å². The predicted octanol–water partition coefficient (Wildman–Crippen LogP) is 4.15. The van der Waals surface area contributed by atoms with Gasteiger partial charge in [-0.25, -0.2) is 0 Å². The molecular formula is C24H25N3O4. The van der Waals surface area contributed by atoms with Gasteiger partial charge in [0.05, 0.1) is 6.54 Å². The highest BCUT2D eigenvalue weighted by molar-refractivity contribution is 5.95. The van der Waals surface area contributed by atoms with E-state index in [0.29, 0.717) is 30.3 Å². The lowest BCUT2D eigenvalue weighted by Crippen LogP contribution is -2.21. The van der Waals surface area contributed by atoms with Crippen molar-refractivity contribution < 1.29 is 19.1 Å². The Morgan fingerprint density at radius 1 is 0.710 bits per heavy atom. The molecular weight excluding hydrogens is 394 g/mol. The van der Waals surface area contributed by atoms with Crippen LogP contribution in [-0.4, -0.2) is 31.6 Å². The molecule has 0 aliphatic carbocycles. The van der Waals surface area contributed by atoms with Gasteiger partial charge in [0.25, 0.3) is 0 Å². The third-order valence-electron chi connectivity index (χ3n) is 4.12. The summed E-state index contributed by atoms with van der Waals surface area (Å²) in [4.78, 5) is 23.4. The van der Waals surface area contributed by atoms with Gasteiger partial charge in [0.1, 0.15) is 24.7 Å². The average molecular weight is 419 g/mol. The molecule has 0 spiro atoms. The minimum atomic E-state index is -0.206. The second kappa shape index (κ2) is 11.3. The summed E-state index contributed by atoms with van der Waals surface area (Å²) in [6, 6.07) is 23.9. The SMILES string of the molecule is CC(=O)Nc1cccc(NC(=O)CNc2cccc(OCCOc3ccccc3)c2)c1. The number of benzene rings is 3. The van der Waals surface area contributed by atoms with Gasteiger partial charge in [0, 0.05) is 30.1 Å². The highest BCUT2D eigenvalue weighted by Crippen LogP contribution is 2.18. The predicted molar refractivity (Wildman–Crippen MR) is 122 cm³/mol. The van der Waals surface area contributed by atoms with Gasteiger partial charge in [-0.1, -0.05) is 30.3 Å². The van der Waals surface area contributed by atoms with E-state index >= 15 is 0 Å². The molecule has 160 valence electrons. The van der Waals surface area contributed by atoms with Crippen LogP contribution in [0.25, 0.3) is 0 Å². The number of para-hydroxylation sites is 1. The summed E-state index contributed by atoms with van der Waals surface area (Å²) >= 11 is 0. The van der Waals surface area contributed by atoms with Crippen LogP contribution in [0.15, 0.2) is 78.9 Å². The van der Waals surface area contributed by atoms with Crippen LogP contribution in [0.2, 0.25) is 0 Å². The van der Waals surface area contributed by atoms with Crippen molar-refractivity contribution in [2.75, 3.05) is 35.7 Å². The third-order valence-corrected chi connectivity index (χ3v) is 4.12. The molecule has 0 saturated heterocycles. The maximum absolute atomic E-state index is 12.2. The molecule has 0 unspecified atom stereocenters. The molecule has 7 nitrogen and oxygen atoms in total. The van der Waals surface area contributed by atoms with Crippen LogP contribution in [0.4, 0.5) is 17.1 Å². The Kier molecular flexibility index (Phi) is 7.88. The zero-order valence-corrected chi connectivity index (χ0v) is 17.3. The summed E-state index contributed by atoms with van der Waals surface area (Å²) in [6.45, 7) is 2.36. The van der Waals surface area contributed by atoms with Crippen molar-refractivity contribution in [2.24, 2.45) is 0 Å². The van der Waals surface area contributed by atoms with Gasteiger partial charge in [-0.2, -0.15) is 0 Å². The van der Waals surface area contributed by atoms with Crippen molar-refractivity contribution in [2.45, 2.75) is 6.92 Å². The van der Waals surface area contributed by atoms with Gasteiger partial charge in [0.2, 0.25) is 11.8 Å². The van der Waals surface area contributed by atoms with E-state index in [9.17, 15) is 9.59 Å². The van der Waals surface area contributed by atoms with E-state index in [4.69, 9.17) is 9.47 Å². The minimum absolute atomic E-state index is 0.0882. The zero-order chi connectivity index (χ0) is 21.9. The van der Waals surface area contributed by atoms with Crippen molar-refractivity contribution in [3.05, 3.63) is 78.9 Å². The molecule has 7 heteroatoms. The molecule has 0 atom stereocenters. The molecule has 2 amide bonds. The van der Waals surface area contributed by atoms with Crippen LogP contribution < -0.4 is 25.4 Å². The Labute approximate surface area is 181 Å². The molecule has 0 aliphatic heterocycles. The lowest BCUT2D eigenvalue weighted by Gasteiger charge is -2.11. The highest BCUT2D eigenvalue weighted by atomic mass is 16.5. The first-order valence-corrected chi connectivity index (χ1v) is 9.90. The number of amides is 2. The number of anilines is 3. The fourth-order valence-corrected chi connectivity index (χ4v) is 2.80. The molecule has 0 radical (unpaired) electrons. The second-order valence-electron chi connectivity index (χ2n) is 6.70. The molecule has 0 bridgehead atoms. The Morgan fingerprint density at radius 3 is 2.06 bits per heavy atom. The summed E-state index contributed by atoms with van der Waals surface area (Å²) < 4.78 is 11.3. The quantitative estimate of drug-likeness (QED) is 0.430. The van der Waals surface area contributed by atoms with E-state index in [1.165, 1.54) is 6.92 Å². The Hall–Kier alpha value is -4.00. The average Bonchev–Trinajstić information content (AvgIpc) is 2.76. The smallest absolute Gasteiger partial charge is 0.243 e. The maximum atomic E-state index is 12.2. The van der Waals surface area contributed by atoms with Gasteiger partial charge in [-0.05, 0) is 42.5 Å². The number of carbonyl (C=O) groups excluding carboxylic acids is 2. The molecule has 0 heterocycles. The third kappa shape index (κ3) is 7.74. The maximum Gasteiger partial charge on any atom is 0.243 e. The Balaban J connectivity index is 1.43. The van der Waals surface area contributed by atoms with Crippen LogP contribution in [0.3, 0.4) is 0 Å². The number of nitrogens with one attached hydrogen (secondary N) is 3. The highest BCUT2D eigenvalue weighted by Gasteiger charge is 2.05. The summed E-state index contributed by atoms with van der Waals surface area (Å²) in [6.07, 6.45) is 0. The van der Waals surface area contributed by atoms with Gasteiger partial charge in [-0.15, -0.1) is 0 Å². The fourth-order valence-electron chi connectivity index (χ4n) is 2.80. The first-order chi connectivity index (χ1) is 15.1. The van der Waals surface area contributed by atoms with Crippen LogP contribution in [0.1, 0.15) is 6.92 Å². The second-order valence-corrected chi connectivity index (χ2v) is 6.70. The summed E-state index contributed by atoms with van der Waals surface area (Å²) in [5, 5.41) is 8.56. The Bertz CT molecular complexity index is 1010. The summed E-state index contributed by atoms with van der Waals surface area (Å²) in [7, 11) is 0. The first-order valence-electron chi connectivity index (χ1n) is 9.90. The Morgan fingerprint density at radius 2 is 1.32 bits per heavy atom. The molecule has 3 aromatic rings. The van der Waals surface area contributed by atoms with Crippen LogP contribution >= 0.6 is 0 Å². The normalized spacial score (nSPS) is 10.1. The number of carbonyl (C=O) groups is 2. The fraction of sp³-hybridized carbons (Fsp3) is 0.167. The van der Waals surface area contributed by atoms with Crippen molar-refractivity contribution in [1.29, 1.82) is 0 Å². The topological polar surface area (TPSA) is 88.7 Å². The van der Waals surface area contributed by atoms with Crippen molar-refractivity contribution >= 4 is 28.9 Å². The molecule has 0 saturated carbocycles. The monoisotopic (exact) mass is 419 g/mol. The van der Waals surface area contributed by atoms with Crippen molar-refractivity contribution in [3.63, 3.8) is 0 Å². The van der Waals surface area contributed by atoms with Gasteiger partial charge in [0.15, 0.2) is 0 Å². The zero-order valence-electron chi connectivity index (χ0n) is 17.3.